The van der Waals surface area contributed by atoms with Crippen LogP contribution in [0.2, 0.25) is 0 Å². The van der Waals surface area contributed by atoms with E-state index in [1.165, 1.54) is 7.11 Å². The smallest absolute Gasteiger partial charge is 0.308 e. The second-order valence-corrected chi connectivity index (χ2v) is 4.35. The van der Waals surface area contributed by atoms with Crippen molar-refractivity contribution in [3.05, 3.63) is 22.3 Å². The lowest BCUT2D eigenvalue weighted by atomic mass is 9.95. The second kappa shape index (κ2) is 6.36. The lowest BCUT2D eigenvalue weighted by Gasteiger charge is -2.33. The molecule has 0 amide bonds. The van der Waals surface area contributed by atoms with Crippen LogP contribution in [-0.2, 0) is 14.3 Å². The first-order valence-electron chi connectivity index (χ1n) is 4.93. The van der Waals surface area contributed by atoms with E-state index >= 15 is 0 Å². The number of aliphatic hydroxyl groups excluding tert-OH is 1. The first-order valence-corrected chi connectivity index (χ1v) is 6.18. The number of aliphatic hydroxyl groups is 1. The Morgan fingerprint density at radius 2 is 2.50 bits per heavy atom. The van der Waals surface area contributed by atoms with Crippen molar-refractivity contribution in [3.8, 4) is 0 Å². The summed E-state index contributed by atoms with van der Waals surface area (Å²) in [6, 6.07) is 0. The van der Waals surface area contributed by atoms with Crippen LogP contribution in [0.1, 0.15) is 12.8 Å². The van der Waals surface area contributed by atoms with Crippen LogP contribution in [0.15, 0.2) is 22.3 Å². The molecule has 1 saturated heterocycles. The third-order valence-corrected chi connectivity index (χ3v) is 2.87. The highest BCUT2D eigenvalue weighted by molar-refractivity contribution is 14.1. The maximum atomic E-state index is 11.1. The number of ether oxygens (including phenoxy) is 2. The predicted octanol–water partition coefficient (Wildman–Crippen LogP) is 1.57. The van der Waals surface area contributed by atoms with Crippen molar-refractivity contribution in [2.75, 3.05) is 7.11 Å². The van der Waals surface area contributed by atoms with Gasteiger partial charge in [-0.3, -0.25) is 4.79 Å². The number of carbonyl (C=O) groups excluding carboxylic acids is 1. The summed E-state index contributed by atoms with van der Waals surface area (Å²) in [6.07, 6.45) is 1.05. The molecule has 1 fully saturated rings. The summed E-state index contributed by atoms with van der Waals surface area (Å²) in [5.41, 5.74) is 0.694. The number of hydrogen-bond donors (Lipinski definition) is 1. The number of esters is 1. The van der Waals surface area contributed by atoms with Gasteiger partial charge in [0.2, 0.25) is 0 Å². The standard InChI is InChI=1S/C11H15IO4/c1-7-5-8(6-10(13)15-2)16-9(3-4-12)11(7)14/h3-4,8-9,11,14H,1,5-6H2,2H3/b4-3+/t8-,9+,11-/m0/s1. The molecule has 1 rings (SSSR count). The molecule has 0 aromatic heterocycles. The Labute approximate surface area is 108 Å². The number of methoxy groups -OCH3 is 1. The molecule has 90 valence electrons. The van der Waals surface area contributed by atoms with Crippen molar-refractivity contribution < 1.29 is 19.4 Å². The van der Waals surface area contributed by atoms with Crippen molar-refractivity contribution >= 4 is 28.6 Å². The van der Waals surface area contributed by atoms with Crippen LogP contribution in [0.4, 0.5) is 0 Å². The molecule has 16 heavy (non-hydrogen) atoms. The molecule has 1 aliphatic rings. The minimum absolute atomic E-state index is 0.188. The zero-order valence-corrected chi connectivity index (χ0v) is 11.2. The molecule has 0 aromatic rings. The highest BCUT2D eigenvalue weighted by atomic mass is 127. The zero-order valence-electron chi connectivity index (χ0n) is 9.06. The van der Waals surface area contributed by atoms with Crippen LogP contribution in [0, 0.1) is 0 Å². The second-order valence-electron chi connectivity index (χ2n) is 3.63. The highest BCUT2D eigenvalue weighted by Crippen LogP contribution is 2.26. The molecule has 5 heteroatoms. The van der Waals surface area contributed by atoms with Gasteiger partial charge in [0.1, 0.15) is 12.2 Å². The summed E-state index contributed by atoms with van der Waals surface area (Å²) in [7, 11) is 1.34. The number of halogens is 1. The lowest BCUT2D eigenvalue weighted by molar-refractivity contribution is -0.147. The minimum Gasteiger partial charge on any atom is -0.469 e. The molecule has 0 spiro atoms. The average molecular weight is 338 g/mol. The van der Waals surface area contributed by atoms with Gasteiger partial charge in [-0.2, -0.15) is 0 Å². The van der Waals surface area contributed by atoms with Crippen LogP contribution >= 0.6 is 22.6 Å². The van der Waals surface area contributed by atoms with Crippen LogP contribution in [0.25, 0.3) is 0 Å². The quantitative estimate of drug-likeness (QED) is 0.482. The van der Waals surface area contributed by atoms with Gasteiger partial charge in [0.25, 0.3) is 0 Å². The van der Waals surface area contributed by atoms with E-state index in [0.29, 0.717) is 12.0 Å². The van der Waals surface area contributed by atoms with Crippen molar-refractivity contribution in [1.29, 1.82) is 0 Å². The van der Waals surface area contributed by atoms with Gasteiger partial charge in [0, 0.05) is 0 Å². The van der Waals surface area contributed by atoms with Crippen LogP contribution < -0.4 is 0 Å². The third kappa shape index (κ3) is 3.57. The maximum absolute atomic E-state index is 11.1. The van der Waals surface area contributed by atoms with Crippen molar-refractivity contribution in [1.82, 2.24) is 0 Å². The van der Waals surface area contributed by atoms with Gasteiger partial charge in [-0.1, -0.05) is 29.2 Å². The van der Waals surface area contributed by atoms with Crippen molar-refractivity contribution in [3.63, 3.8) is 0 Å². The van der Waals surface area contributed by atoms with E-state index < -0.39 is 12.2 Å². The van der Waals surface area contributed by atoms with Gasteiger partial charge in [-0.05, 0) is 22.2 Å². The Balaban J connectivity index is 2.63. The third-order valence-electron chi connectivity index (χ3n) is 2.45. The molecule has 1 aliphatic heterocycles. The predicted molar refractivity (Wildman–Crippen MR) is 68.2 cm³/mol. The molecular weight excluding hydrogens is 323 g/mol. The Bertz CT molecular complexity index is 298. The number of rotatable bonds is 3. The van der Waals surface area contributed by atoms with Gasteiger partial charge < -0.3 is 14.6 Å². The maximum Gasteiger partial charge on any atom is 0.308 e. The fourth-order valence-electron chi connectivity index (χ4n) is 1.60. The van der Waals surface area contributed by atoms with E-state index in [4.69, 9.17) is 4.74 Å². The van der Waals surface area contributed by atoms with Crippen LogP contribution in [-0.4, -0.2) is 36.5 Å². The largest absolute Gasteiger partial charge is 0.469 e. The van der Waals surface area contributed by atoms with E-state index in [2.05, 4.69) is 33.9 Å². The fourth-order valence-corrected chi connectivity index (χ4v) is 2.01. The van der Waals surface area contributed by atoms with Gasteiger partial charge in [0.15, 0.2) is 0 Å². The van der Waals surface area contributed by atoms with Crippen LogP contribution in [0.3, 0.4) is 0 Å². The van der Waals surface area contributed by atoms with E-state index in [0.717, 1.165) is 0 Å². The van der Waals surface area contributed by atoms with Crippen molar-refractivity contribution in [2.24, 2.45) is 0 Å². The zero-order chi connectivity index (χ0) is 12.1. The highest BCUT2D eigenvalue weighted by Gasteiger charge is 2.32. The molecule has 4 nitrogen and oxygen atoms in total. The summed E-state index contributed by atoms with van der Waals surface area (Å²) in [4.78, 5) is 11.1. The van der Waals surface area contributed by atoms with E-state index in [-0.39, 0.29) is 18.5 Å². The van der Waals surface area contributed by atoms with Gasteiger partial charge in [0.05, 0.1) is 19.6 Å². The molecule has 1 heterocycles. The van der Waals surface area contributed by atoms with Gasteiger partial charge in [-0.25, -0.2) is 0 Å². The Morgan fingerprint density at radius 1 is 1.81 bits per heavy atom. The van der Waals surface area contributed by atoms with Crippen LogP contribution in [0.5, 0.6) is 0 Å². The summed E-state index contributed by atoms with van der Waals surface area (Å²) >= 11 is 2.05. The monoisotopic (exact) mass is 338 g/mol. The molecule has 0 aromatic carbocycles. The van der Waals surface area contributed by atoms with E-state index in [1.54, 1.807) is 10.2 Å². The lowest BCUT2D eigenvalue weighted by Crippen LogP contribution is -2.40. The average Bonchev–Trinajstić information content (AvgIpc) is 2.25. The topological polar surface area (TPSA) is 55.8 Å². The molecular formula is C11H15IO4. The Hall–Kier alpha value is -0.400. The summed E-state index contributed by atoms with van der Waals surface area (Å²) < 4.78 is 11.9. The number of carbonyl (C=O) groups is 1. The first-order chi connectivity index (χ1) is 7.58. The minimum atomic E-state index is -0.695. The van der Waals surface area contributed by atoms with E-state index in [1.807, 2.05) is 0 Å². The molecule has 0 unspecified atom stereocenters. The molecule has 0 saturated carbocycles. The Morgan fingerprint density at radius 3 is 3.06 bits per heavy atom. The number of hydrogen-bond acceptors (Lipinski definition) is 4. The normalized spacial score (nSPS) is 30.7. The Kier molecular flexibility index (Phi) is 5.43. The SMILES string of the molecule is C=C1C[C@@H](CC(=O)OC)O[C@H](/C=C/I)[C@H]1O. The molecule has 0 aliphatic carbocycles. The van der Waals surface area contributed by atoms with Crippen molar-refractivity contribution in [2.45, 2.75) is 31.2 Å². The molecule has 1 N–H and O–H groups in total. The van der Waals surface area contributed by atoms with Gasteiger partial charge >= 0.3 is 5.97 Å². The van der Waals surface area contributed by atoms with Gasteiger partial charge in [-0.15, -0.1) is 0 Å². The molecule has 0 bridgehead atoms. The summed E-state index contributed by atoms with van der Waals surface area (Å²) in [5.74, 6) is -0.314. The van der Waals surface area contributed by atoms with E-state index in [9.17, 15) is 9.90 Å². The summed E-state index contributed by atoms with van der Waals surface area (Å²) in [6.45, 7) is 3.79. The first kappa shape index (κ1) is 13.7. The molecule has 3 atom stereocenters. The summed E-state index contributed by atoms with van der Waals surface area (Å²) in [5, 5.41) is 9.78. The molecule has 0 radical (unpaired) electrons. The fraction of sp³-hybridized carbons (Fsp3) is 0.545.